The second-order valence-electron chi connectivity index (χ2n) is 5.22. The zero-order valence-electron chi connectivity index (χ0n) is 11.4. The number of nitrogens with zero attached hydrogens (tertiary/aromatic N) is 1. The lowest BCUT2D eigenvalue weighted by Crippen LogP contribution is -2.30. The van der Waals surface area contributed by atoms with Crippen molar-refractivity contribution in [2.24, 2.45) is 0 Å². The van der Waals surface area contributed by atoms with Gasteiger partial charge < -0.3 is 10.0 Å². The highest BCUT2D eigenvalue weighted by Gasteiger charge is 2.21. The predicted octanol–water partition coefficient (Wildman–Crippen LogP) is 3.83. The summed E-state index contributed by atoms with van der Waals surface area (Å²) in [5.41, 5.74) is 2.84. The molecule has 0 bridgehead atoms. The van der Waals surface area contributed by atoms with Gasteiger partial charge in [-0.1, -0.05) is 17.7 Å². The Morgan fingerprint density at radius 3 is 2.53 bits per heavy atom. The van der Waals surface area contributed by atoms with Gasteiger partial charge in [0.25, 0.3) is 0 Å². The average Bonchev–Trinajstić information content (AvgIpc) is 2.42. The fourth-order valence-corrected chi connectivity index (χ4v) is 2.96. The Morgan fingerprint density at radius 2 is 1.95 bits per heavy atom. The lowest BCUT2D eigenvalue weighted by molar-refractivity contribution is -0.138. The van der Waals surface area contributed by atoms with Gasteiger partial charge in [0.15, 0.2) is 0 Å². The number of piperidine rings is 1. The highest BCUT2D eigenvalue weighted by Crippen LogP contribution is 2.34. The van der Waals surface area contributed by atoms with Crippen LogP contribution >= 0.6 is 11.6 Å². The van der Waals surface area contributed by atoms with Crippen molar-refractivity contribution in [3.8, 4) is 0 Å². The SMILES string of the molecule is Cc1c(N2CCCCC2)ccc(C(C)C(=O)O)c1Cl. The van der Waals surface area contributed by atoms with Gasteiger partial charge in [0, 0.05) is 23.8 Å². The second kappa shape index (κ2) is 5.83. The number of rotatable bonds is 3. The Balaban J connectivity index is 2.33. The molecule has 1 aromatic rings. The third-order valence-corrected chi connectivity index (χ3v) is 4.42. The van der Waals surface area contributed by atoms with Gasteiger partial charge in [-0.3, -0.25) is 4.79 Å². The number of aliphatic carboxylic acids is 1. The van der Waals surface area contributed by atoms with E-state index in [1.165, 1.54) is 19.3 Å². The van der Waals surface area contributed by atoms with Crippen molar-refractivity contribution in [3.63, 3.8) is 0 Å². The molecule has 1 aliphatic heterocycles. The lowest BCUT2D eigenvalue weighted by atomic mass is 9.97. The van der Waals surface area contributed by atoms with Gasteiger partial charge >= 0.3 is 5.97 Å². The average molecular weight is 282 g/mol. The maximum Gasteiger partial charge on any atom is 0.310 e. The van der Waals surface area contributed by atoms with Crippen molar-refractivity contribution in [3.05, 3.63) is 28.3 Å². The molecule has 2 rings (SSSR count). The zero-order chi connectivity index (χ0) is 14.0. The molecule has 0 amide bonds. The summed E-state index contributed by atoms with van der Waals surface area (Å²) in [5.74, 6) is -1.41. The van der Waals surface area contributed by atoms with Gasteiger partial charge in [0.05, 0.1) is 5.92 Å². The highest BCUT2D eigenvalue weighted by molar-refractivity contribution is 6.32. The molecule has 104 valence electrons. The normalized spacial score (nSPS) is 17.3. The first-order valence-electron chi connectivity index (χ1n) is 6.79. The molecule has 1 heterocycles. The quantitative estimate of drug-likeness (QED) is 0.915. The van der Waals surface area contributed by atoms with Gasteiger partial charge in [-0.25, -0.2) is 0 Å². The minimum Gasteiger partial charge on any atom is -0.481 e. The van der Waals surface area contributed by atoms with Crippen LogP contribution < -0.4 is 4.90 Å². The monoisotopic (exact) mass is 281 g/mol. The van der Waals surface area contributed by atoms with E-state index in [4.69, 9.17) is 16.7 Å². The van der Waals surface area contributed by atoms with E-state index in [0.29, 0.717) is 10.6 Å². The summed E-state index contributed by atoms with van der Waals surface area (Å²) in [6.07, 6.45) is 3.71. The van der Waals surface area contributed by atoms with Crippen molar-refractivity contribution in [1.82, 2.24) is 0 Å². The first kappa shape index (κ1) is 14.2. The van der Waals surface area contributed by atoms with Crippen LogP contribution in [-0.2, 0) is 4.79 Å². The zero-order valence-corrected chi connectivity index (χ0v) is 12.2. The van der Waals surface area contributed by atoms with E-state index in [9.17, 15) is 4.79 Å². The van der Waals surface area contributed by atoms with Crippen LogP contribution in [0, 0.1) is 6.92 Å². The molecule has 1 fully saturated rings. The van der Waals surface area contributed by atoms with E-state index < -0.39 is 11.9 Å². The van der Waals surface area contributed by atoms with E-state index in [-0.39, 0.29) is 0 Å². The highest BCUT2D eigenvalue weighted by atomic mass is 35.5. The summed E-state index contributed by atoms with van der Waals surface area (Å²) in [7, 11) is 0. The largest absolute Gasteiger partial charge is 0.481 e. The maximum atomic E-state index is 11.1. The number of hydrogen-bond donors (Lipinski definition) is 1. The summed E-state index contributed by atoms with van der Waals surface area (Å²) in [6.45, 7) is 5.77. The van der Waals surface area contributed by atoms with Crippen molar-refractivity contribution in [1.29, 1.82) is 0 Å². The maximum absolute atomic E-state index is 11.1. The summed E-state index contributed by atoms with van der Waals surface area (Å²) in [5, 5.41) is 9.70. The predicted molar refractivity (Wildman–Crippen MR) is 78.3 cm³/mol. The second-order valence-corrected chi connectivity index (χ2v) is 5.60. The van der Waals surface area contributed by atoms with E-state index in [2.05, 4.69) is 4.90 Å². The van der Waals surface area contributed by atoms with Crippen LogP contribution in [0.3, 0.4) is 0 Å². The first-order chi connectivity index (χ1) is 9.02. The Morgan fingerprint density at radius 1 is 1.32 bits per heavy atom. The van der Waals surface area contributed by atoms with Crippen molar-refractivity contribution >= 4 is 23.3 Å². The molecule has 0 saturated carbocycles. The van der Waals surface area contributed by atoms with E-state index in [0.717, 1.165) is 24.3 Å². The van der Waals surface area contributed by atoms with Gasteiger partial charge in [-0.2, -0.15) is 0 Å². The van der Waals surface area contributed by atoms with Crippen LogP contribution in [0.1, 0.15) is 43.2 Å². The minimum atomic E-state index is -0.841. The first-order valence-corrected chi connectivity index (χ1v) is 7.17. The van der Waals surface area contributed by atoms with E-state index in [1.807, 2.05) is 19.1 Å². The number of carboxylic acids is 1. The Hall–Kier alpha value is -1.22. The molecule has 1 N–H and O–H groups in total. The summed E-state index contributed by atoms with van der Waals surface area (Å²) in [4.78, 5) is 13.4. The number of benzene rings is 1. The fourth-order valence-electron chi connectivity index (χ4n) is 2.64. The standard InChI is InChI=1S/C15H20ClNO2/c1-10(15(18)19)12-6-7-13(11(2)14(12)16)17-8-4-3-5-9-17/h6-7,10H,3-5,8-9H2,1-2H3,(H,18,19). The third-order valence-electron chi connectivity index (χ3n) is 3.92. The van der Waals surface area contributed by atoms with Gasteiger partial charge in [0.1, 0.15) is 0 Å². The van der Waals surface area contributed by atoms with Crippen LogP contribution in [0.2, 0.25) is 5.02 Å². The Bertz CT molecular complexity index is 481. The summed E-state index contributed by atoms with van der Waals surface area (Å²) >= 11 is 6.37. The molecule has 0 aliphatic carbocycles. The third kappa shape index (κ3) is 2.86. The minimum absolute atomic E-state index is 0.568. The summed E-state index contributed by atoms with van der Waals surface area (Å²) in [6, 6.07) is 3.87. The molecule has 19 heavy (non-hydrogen) atoms. The fraction of sp³-hybridized carbons (Fsp3) is 0.533. The number of halogens is 1. The molecule has 3 nitrogen and oxygen atoms in total. The molecule has 0 aromatic heterocycles. The van der Waals surface area contributed by atoms with Gasteiger partial charge in [0.2, 0.25) is 0 Å². The molecule has 1 unspecified atom stereocenters. The molecule has 1 aliphatic rings. The number of carboxylic acid groups (broad SMARTS) is 1. The molecular formula is C15H20ClNO2. The van der Waals surface area contributed by atoms with Crippen molar-refractivity contribution in [2.45, 2.75) is 39.0 Å². The van der Waals surface area contributed by atoms with Crippen LogP contribution in [0.4, 0.5) is 5.69 Å². The topological polar surface area (TPSA) is 40.5 Å². The Labute approximate surface area is 119 Å². The summed E-state index contributed by atoms with van der Waals surface area (Å²) < 4.78 is 0. The van der Waals surface area contributed by atoms with Crippen LogP contribution in [0.5, 0.6) is 0 Å². The molecular weight excluding hydrogens is 262 g/mol. The number of hydrogen-bond acceptors (Lipinski definition) is 2. The van der Waals surface area contributed by atoms with Crippen molar-refractivity contribution in [2.75, 3.05) is 18.0 Å². The molecule has 1 aromatic carbocycles. The van der Waals surface area contributed by atoms with E-state index in [1.54, 1.807) is 6.92 Å². The van der Waals surface area contributed by atoms with Crippen LogP contribution in [0.15, 0.2) is 12.1 Å². The smallest absolute Gasteiger partial charge is 0.310 e. The molecule has 4 heteroatoms. The molecule has 1 atom stereocenters. The van der Waals surface area contributed by atoms with Crippen LogP contribution in [0.25, 0.3) is 0 Å². The molecule has 1 saturated heterocycles. The van der Waals surface area contributed by atoms with Gasteiger partial charge in [-0.15, -0.1) is 0 Å². The Kier molecular flexibility index (Phi) is 4.35. The molecule has 0 radical (unpaired) electrons. The van der Waals surface area contributed by atoms with E-state index >= 15 is 0 Å². The molecule has 0 spiro atoms. The number of carbonyl (C=O) groups is 1. The number of anilines is 1. The van der Waals surface area contributed by atoms with Gasteiger partial charge in [-0.05, 0) is 50.3 Å². The van der Waals surface area contributed by atoms with Crippen molar-refractivity contribution < 1.29 is 9.90 Å². The lowest BCUT2D eigenvalue weighted by Gasteiger charge is -2.31. The van der Waals surface area contributed by atoms with Crippen LogP contribution in [-0.4, -0.2) is 24.2 Å².